The molecule has 0 amide bonds. The topological polar surface area (TPSA) is 55.8 Å². The molecule has 2 saturated heterocycles. The van der Waals surface area contributed by atoms with Gasteiger partial charge >= 0.3 is 0 Å². The molecule has 2 bridgehead atoms. The molecule has 2 heterocycles. The number of sulfone groups is 1. The van der Waals surface area contributed by atoms with Gasteiger partial charge in [-0.25, -0.2) is 8.42 Å². The van der Waals surface area contributed by atoms with Crippen molar-refractivity contribution in [2.45, 2.75) is 55.8 Å². The van der Waals surface area contributed by atoms with Gasteiger partial charge in [0.15, 0.2) is 9.84 Å². The van der Waals surface area contributed by atoms with Gasteiger partial charge in [0.1, 0.15) is 0 Å². The van der Waals surface area contributed by atoms with Crippen LogP contribution in [0, 0.1) is 5.92 Å². The summed E-state index contributed by atoms with van der Waals surface area (Å²) < 4.78 is 31.1. The first kappa shape index (κ1) is 21.5. The third-order valence-electron chi connectivity index (χ3n) is 6.20. The highest BCUT2D eigenvalue weighted by atomic mass is 32.2. The molecule has 0 aromatic heterocycles. The highest BCUT2D eigenvalue weighted by molar-refractivity contribution is 7.91. The molecule has 2 fully saturated rings. The molecule has 4 rings (SSSR count). The molecule has 0 saturated carbocycles. The zero-order valence-corrected chi connectivity index (χ0v) is 18.2. The summed E-state index contributed by atoms with van der Waals surface area (Å²) in [6, 6.07) is 19.2. The fraction of sp³-hybridized carbons (Fsp3) is 0.500. The maximum Gasteiger partial charge on any atom is 0.178 e. The summed E-state index contributed by atoms with van der Waals surface area (Å²) >= 11 is 0. The Balaban J connectivity index is 1.29. The number of hydrogen-bond acceptors (Lipinski definition) is 5. The number of hydroxylamine groups is 2. The van der Waals surface area contributed by atoms with Crippen LogP contribution in [-0.4, -0.2) is 44.5 Å². The van der Waals surface area contributed by atoms with E-state index in [1.807, 2.05) is 24.3 Å². The highest BCUT2D eigenvalue weighted by Crippen LogP contribution is 2.38. The largest absolute Gasteiger partial charge is 0.377 e. The third kappa shape index (κ3) is 5.30. The molecule has 0 radical (unpaired) electrons. The van der Waals surface area contributed by atoms with Crippen molar-refractivity contribution in [3.63, 3.8) is 0 Å². The van der Waals surface area contributed by atoms with Crippen LogP contribution in [0.2, 0.25) is 0 Å². The standard InChI is InChI=1S/C24H31NO4S/c26-30(27,21-11-5-2-6-12-21)18-8-13-23-22(24-14-7-16-25(23)29-24)15-17-28-19-20-9-3-1-4-10-20/h1-6,9-12,22-24H,7-8,13-19H2. The Morgan fingerprint density at radius 2 is 1.73 bits per heavy atom. The van der Waals surface area contributed by atoms with Crippen LogP contribution in [0.3, 0.4) is 0 Å². The van der Waals surface area contributed by atoms with Crippen LogP contribution in [0.4, 0.5) is 0 Å². The lowest BCUT2D eigenvalue weighted by Crippen LogP contribution is -2.33. The van der Waals surface area contributed by atoms with Crippen LogP contribution >= 0.6 is 0 Å². The van der Waals surface area contributed by atoms with Gasteiger partial charge in [0.05, 0.1) is 23.4 Å². The average Bonchev–Trinajstić information content (AvgIpc) is 3.01. The molecular weight excluding hydrogens is 398 g/mol. The first-order valence-corrected chi connectivity index (χ1v) is 12.6. The van der Waals surface area contributed by atoms with E-state index in [1.165, 1.54) is 5.56 Å². The maximum absolute atomic E-state index is 12.6. The van der Waals surface area contributed by atoms with Gasteiger partial charge in [-0.1, -0.05) is 48.5 Å². The lowest BCUT2D eigenvalue weighted by Gasteiger charge is -2.25. The van der Waals surface area contributed by atoms with E-state index in [0.29, 0.717) is 30.4 Å². The van der Waals surface area contributed by atoms with Crippen LogP contribution in [0.15, 0.2) is 65.6 Å². The predicted molar refractivity (Wildman–Crippen MR) is 117 cm³/mol. The van der Waals surface area contributed by atoms with E-state index >= 15 is 0 Å². The summed E-state index contributed by atoms with van der Waals surface area (Å²) in [7, 11) is -3.23. The van der Waals surface area contributed by atoms with Crippen molar-refractivity contribution in [1.29, 1.82) is 0 Å². The summed E-state index contributed by atoms with van der Waals surface area (Å²) in [4.78, 5) is 6.55. The quantitative estimate of drug-likeness (QED) is 0.529. The maximum atomic E-state index is 12.6. The van der Waals surface area contributed by atoms with Crippen molar-refractivity contribution in [3.8, 4) is 0 Å². The van der Waals surface area contributed by atoms with E-state index in [4.69, 9.17) is 9.57 Å². The number of benzene rings is 2. The van der Waals surface area contributed by atoms with Crippen molar-refractivity contribution >= 4 is 9.84 Å². The van der Waals surface area contributed by atoms with Gasteiger partial charge in [-0.2, -0.15) is 5.06 Å². The van der Waals surface area contributed by atoms with E-state index in [2.05, 4.69) is 17.2 Å². The van der Waals surface area contributed by atoms with Crippen LogP contribution in [0.5, 0.6) is 0 Å². The normalized spacial score (nSPS) is 26.0. The minimum atomic E-state index is -3.23. The molecule has 0 N–H and O–H groups in total. The van der Waals surface area contributed by atoms with E-state index in [9.17, 15) is 8.42 Å². The van der Waals surface area contributed by atoms with E-state index in [0.717, 1.165) is 32.2 Å². The first-order valence-electron chi connectivity index (χ1n) is 11.0. The van der Waals surface area contributed by atoms with Gasteiger partial charge in [-0.15, -0.1) is 0 Å². The second kappa shape index (κ2) is 10.1. The Morgan fingerprint density at radius 3 is 2.50 bits per heavy atom. The summed E-state index contributed by atoms with van der Waals surface area (Å²) in [6.45, 7) is 2.27. The average molecular weight is 430 g/mol. The second-order valence-corrected chi connectivity index (χ2v) is 10.4. The summed E-state index contributed by atoms with van der Waals surface area (Å²) in [5.41, 5.74) is 1.19. The van der Waals surface area contributed by atoms with Crippen molar-refractivity contribution in [2.24, 2.45) is 5.92 Å². The van der Waals surface area contributed by atoms with Crippen molar-refractivity contribution in [1.82, 2.24) is 5.06 Å². The fourth-order valence-electron chi connectivity index (χ4n) is 4.67. The Labute approximate surface area is 179 Å². The van der Waals surface area contributed by atoms with Gasteiger partial charge in [-0.3, -0.25) is 4.84 Å². The molecule has 0 spiro atoms. The minimum absolute atomic E-state index is 0.184. The molecule has 2 aromatic carbocycles. The van der Waals surface area contributed by atoms with Crippen LogP contribution < -0.4 is 0 Å². The second-order valence-electron chi connectivity index (χ2n) is 8.26. The van der Waals surface area contributed by atoms with Crippen molar-refractivity contribution in [3.05, 3.63) is 66.2 Å². The molecule has 4 unspecified atom stereocenters. The van der Waals surface area contributed by atoms with Gasteiger partial charge in [0.25, 0.3) is 0 Å². The van der Waals surface area contributed by atoms with Gasteiger partial charge in [-0.05, 0) is 49.8 Å². The third-order valence-corrected chi connectivity index (χ3v) is 8.02. The Hall–Kier alpha value is -1.73. The van der Waals surface area contributed by atoms with E-state index < -0.39 is 9.84 Å². The molecule has 2 aliphatic heterocycles. The number of fused-ring (bicyclic) bond motifs is 2. The molecule has 162 valence electrons. The molecule has 5 nitrogen and oxygen atoms in total. The lowest BCUT2D eigenvalue weighted by atomic mass is 9.88. The molecule has 4 atom stereocenters. The summed E-state index contributed by atoms with van der Waals surface area (Å²) in [6.07, 6.45) is 4.91. The fourth-order valence-corrected chi connectivity index (χ4v) is 6.03. The zero-order valence-electron chi connectivity index (χ0n) is 17.4. The first-order chi connectivity index (χ1) is 14.6. The Morgan fingerprint density at radius 1 is 1.00 bits per heavy atom. The van der Waals surface area contributed by atoms with Crippen LogP contribution in [0.25, 0.3) is 0 Å². The molecule has 30 heavy (non-hydrogen) atoms. The Bertz CT molecular complexity index is 888. The van der Waals surface area contributed by atoms with E-state index in [-0.39, 0.29) is 17.9 Å². The molecule has 0 aliphatic carbocycles. The SMILES string of the molecule is O=S(=O)(CCCC1C(CCOCc2ccccc2)C2CCCN1O2)c1ccccc1. The zero-order chi connectivity index (χ0) is 20.8. The van der Waals surface area contributed by atoms with Crippen LogP contribution in [-0.2, 0) is 26.0 Å². The van der Waals surface area contributed by atoms with Gasteiger partial charge in [0.2, 0.25) is 0 Å². The molecule has 2 aromatic rings. The lowest BCUT2D eigenvalue weighted by molar-refractivity contribution is -0.186. The summed E-state index contributed by atoms with van der Waals surface area (Å²) in [5.74, 6) is 0.589. The summed E-state index contributed by atoms with van der Waals surface area (Å²) in [5, 5.41) is 2.12. The van der Waals surface area contributed by atoms with Crippen molar-refractivity contribution < 1.29 is 18.0 Å². The minimum Gasteiger partial charge on any atom is -0.377 e. The highest BCUT2D eigenvalue weighted by Gasteiger charge is 2.44. The Kier molecular flexibility index (Phi) is 7.20. The molecule has 6 heteroatoms. The van der Waals surface area contributed by atoms with Gasteiger partial charge in [0, 0.05) is 25.1 Å². The monoisotopic (exact) mass is 429 g/mol. The van der Waals surface area contributed by atoms with Crippen LogP contribution in [0.1, 0.15) is 37.7 Å². The van der Waals surface area contributed by atoms with E-state index in [1.54, 1.807) is 24.3 Å². The van der Waals surface area contributed by atoms with Crippen molar-refractivity contribution in [2.75, 3.05) is 18.9 Å². The number of hydrogen-bond donors (Lipinski definition) is 0. The number of rotatable bonds is 10. The predicted octanol–water partition coefficient (Wildman–Crippen LogP) is 4.24. The number of ether oxygens (including phenoxy) is 1. The number of nitrogens with zero attached hydrogens (tertiary/aromatic N) is 1. The van der Waals surface area contributed by atoms with Gasteiger partial charge < -0.3 is 4.74 Å². The molecular formula is C24H31NO4S. The smallest absolute Gasteiger partial charge is 0.178 e. The molecule has 2 aliphatic rings.